The molecule has 0 saturated heterocycles. The molecule has 0 aromatic heterocycles. The molecule has 92 valence electrons. The van der Waals surface area contributed by atoms with Crippen LogP contribution in [0.2, 0.25) is 0 Å². The second kappa shape index (κ2) is 5.19. The monoisotopic (exact) mass is 235 g/mol. The molecule has 1 unspecified atom stereocenters. The molecule has 2 rings (SSSR count). The van der Waals surface area contributed by atoms with Crippen LogP contribution in [0.15, 0.2) is 23.4 Å². The molecule has 0 aliphatic heterocycles. The lowest BCUT2D eigenvalue weighted by molar-refractivity contribution is 0.122. The number of hydrogen-bond acceptors (Lipinski definition) is 4. The SMILES string of the molecule is CC(O)COc1cccc2c1CCC/C2=N\O. The molecule has 0 fully saturated rings. The normalized spacial score (nSPS) is 18.8. The molecule has 1 aliphatic rings. The molecule has 2 N–H and O–H groups in total. The fourth-order valence-electron chi connectivity index (χ4n) is 2.11. The van der Waals surface area contributed by atoms with Gasteiger partial charge in [-0.1, -0.05) is 17.3 Å². The smallest absolute Gasteiger partial charge is 0.123 e. The third kappa shape index (κ3) is 2.58. The number of aliphatic hydroxyl groups excluding tert-OH is 1. The molecule has 0 spiro atoms. The van der Waals surface area contributed by atoms with Gasteiger partial charge in [0.2, 0.25) is 0 Å². The predicted octanol–water partition coefficient (Wildman–Crippen LogP) is 1.96. The molecule has 4 heteroatoms. The van der Waals surface area contributed by atoms with Gasteiger partial charge in [0.15, 0.2) is 0 Å². The first-order valence-corrected chi connectivity index (χ1v) is 5.86. The van der Waals surface area contributed by atoms with E-state index >= 15 is 0 Å². The standard InChI is InChI=1S/C13H17NO3/c1-9(15)8-17-13-7-3-4-10-11(13)5-2-6-12(10)14-16/h3-4,7,9,15-16H,2,5-6,8H2,1H3/b14-12+. The summed E-state index contributed by atoms with van der Waals surface area (Å²) in [6.07, 6.45) is 2.19. The molecule has 0 radical (unpaired) electrons. The third-order valence-corrected chi connectivity index (χ3v) is 2.89. The van der Waals surface area contributed by atoms with E-state index in [1.807, 2.05) is 18.2 Å². The molecule has 1 aromatic rings. The van der Waals surface area contributed by atoms with Gasteiger partial charge in [-0.2, -0.15) is 0 Å². The van der Waals surface area contributed by atoms with Crippen LogP contribution in [0.1, 0.15) is 30.9 Å². The molecule has 0 heterocycles. The number of hydrogen-bond donors (Lipinski definition) is 2. The zero-order chi connectivity index (χ0) is 12.3. The zero-order valence-electron chi connectivity index (χ0n) is 9.89. The summed E-state index contributed by atoms with van der Waals surface area (Å²) in [5.74, 6) is 0.782. The third-order valence-electron chi connectivity index (χ3n) is 2.89. The van der Waals surface area contributed by atoms with Crippen molar-refractivity contribution in [2.75, 3.05) is 6.61 Å². The van der Waals surface area contributed by atoms with E-state index in [0.717, 1.165) is 36.1 Å². The van der Waals surface area contributed by atoms with Gasteiger partial charge in [-0.15, -0.1) is 0 Å². The number of benzene rings is 1. The molecule has 17 heavy (non-hydrogen) atoms. The lowest BCUT2D eigenvalue weighted by Crippen LogP contribution is -2.17. The van der Waals surface area contributed by atoms with Gasteiger partial charge in [0.05, 0.1) is 11.8 Å². The molecule has 0 bridgehead atoms. The van der Waals surface area contributed by atoms with Gasteiger partial charge < -0.3 is 15.1 Å². The summed E-state index contributed by atoms with van der Waals surface area (Å²) in [6, 6.07) is 5.72. The maximum absolute atomic E-state index is 9.23. The topological polar surface area (TPSA) is 62.0 Å². The van der Waals surface area contributed by atoms with E-state index < -0.39 is 6.10 Å². The molecule has 0 saturated carbocycles. The van der Waals surface area contributed by atoms with Crippen LogP contribution < -0.4 is 4.74 Å². The van der Waals surface area contributed by atoms with Gasteiger partial charge in [-0.25, -0.2) is 0 Å². The highest BCUT2D eigenvalue weighted by Gasteiger charge is 2.19. The number of fused-ring (bicyclic) bond motifs is 1. The van der Waals surface area contributed by atoms with Crippen molar-refractivity contribution >= 4 is 5.71 Å². The van der Waals surface area contributed by atoms with Crippen LogP contribution in [0, 0.1) is 0 Å². The zero-order valence-corrected chi connectivity index (χ0v) is 9.89. The van der Waals surface area contributed by atoms with E-state index in [1.165, 1.54) is 0 Å². The first kappa shape index (κ1) is 11.9. The summed E-state index contributed by atoms with van der Waals surface area (Å²) in [7, 11) is 0. The van der Waals surface area contributed by atoms with Crippen LogP contribution in [0.3, 0.4) is 0 Å². The Morgan fingerprint density at radius 3 is 2.94 bits per heavy atom. The number of rotatable bonds is 3. The van der Waals surface area contributed by atoms with Crippen LogP contribution in [0.5, 0.6) is 5.75 Å². The maximum Gasteiger partial charge on any atom is 0.123 e. The number of aliphatic hydroxyl groups is 1. The van der Waals surface area contributed by atoms with Gasteiger partial charge in [0.1, 0.15) is 12.4 Å². The van der Waals surface area contributed by atoms with Crippen LogP contribution in [-0.4, -0.2) is 28.7 Å². The summed E-state index contributed by atoms with van der Waals surface area (Å²) < 4.78 is 5.57. The fourth-order valence-corrected chi connectivity index (χ4v) is 2.11. The summed E-state index contributed by atoms with van der Waals surface area (Å²) in [5, 5.41) is 21.5. The Labute approximate surface area is 101 Å². The van der Waals surface area contributed by atoms with E-state index in [1.54, 1.807) is 6.92 Å². The van der Waals surface area contributed by atoms with E-state index in [0.29, 0.717) is 5.71 Å². The van der Waals surface area contributed by atoms with Gasteiger partial charge in [0, 0.05) is 11.1 Å². The predicted molar refractivity (Wildman–Crippen MR) is 64.9 cm³/mol. The summed E-state index contributed by atoms with van der Waals surface area (Å²) in [5.41, 5.74) is 2.75. The first-order valence-electron chi connectivity index (χ1n) is 5.86. The lowest BCUT2D eigenvalue weighted by Gasteiger charge is -2.20. The maximum atomic E-state index is 9.23. The van der Waals surface area contributed by atoms with Crippen LogP contribution in [0.25, 0.3) is 0 Å². The molecular formula is C13H17NO3. The minimum absolute atomic E-state index is 0.280. The molecular weight excluding hydrogens is 218 g/mol. The van der Waals surface area contributed by atoms with Crippen molar-refractivity contribution in [2.24, 2.45) is 5.16 Å². The highest BCUT2D eigenvalue weighted by molar-refractivity contribution is 6.02. The fraction of sp³-hybridized carbons (Fsp3) is 0.462. The number of nitrogens with zero attached hydrogens (tertiary/aromatic N) is 1. The van der Waals surface area contributed by atoms with Crippen LogP contribution in [-0.2, 0) is 6.42 Å². The number of oxime groups is 1. The van der Waals surface area contributed by atoms with E-state index in [9.17, 15) is 5.11 Å². The highest BCUT2D eigenvalue weighted by Crippen LogP contribution is 2.29. The van der Waals surface area contributed by atoms with Crippen LogP contribution >= 0.6 is 0 Å². The van der Waals surface area contributed by atoms with E-state index in [-0.39, 0.29) is 6.61 Å². The quantitative estimate of drug-likeness (QED) is 0.622. The Kier molecular flexibility index (Phi) is 3.64. The lowest BCUT2D eigenvalue weighted by atomic mass is 9.89. The molecule has 1 aromatic carbocycles. The van der Waals surface area contributed by atoms with Crippen molar-refractivity contribution in [3.8, 4) is 5.75 Å². The average Bonchev–Trinajstić information content (AvgIpc) is 2.35. The number of ether oxygens (including phenoxy) is 1. The van der Waals surface area contributed by atoms with Gasteiger partial charge in [0.25, 0.3) is 0 Å². The van der Waals surface area contributed by atoms with Crippen molar-refractivity contribution < 1.29 is 15.1 Å². The Hall–Kier alpha value is -1.55. The Balaban J connectivity index is 2.29. The largest absolute Gasteiger partial charge is 0.491 e. The van der Waals surface area contributed by atoms with Crippen LogP contribution in [0.4, 0.5) is 0 Å². The summed E-state index contributed by atoms with van der Waals surface area (Å²) >= 11 is 0. The summed E-state index contributed by atoms with van der Waals surface area (Å²) in [6.45, 7) is 1.97. The van der Waals surface area contributed by atoms with E-state index in [2.05, 4.69) is 5.16 Å². The van der Waals surface area contributed by atoms with Gasteiger partial charge >= 0.3 is 0 Å². The Bertz CT molecular complexity index is 427. The highest BCUT2D eigenvalue weighted by atomic mass is 16.5. The molecule has 4 nitrogen and oxygen atoms in total. The van der Waals surface area contributed by atoms with Crippen molar-refractivity contribution in [2.45, 2.75) is 32.3 Å². The van der Waals surface area contributed by atoms with Crippen molar-refractivity contribution in [1.82, 2.24) is 0 Å². The van der Waals surface area contributed by atoms with Crippen molar-refractivity contribution in [1.29, 1.82) is 0 Å². The first-order chi connectivity index (χ1) is 8.22. The molecule has 1 aliphatic carbocycles. The molecule has 1 atom stereocenters. The second-order valence-electron chi connectivity index (χ2n) is 4.34. The summed E-state index contributed by atoms with van der Waals surface area (Å²) in [4.78, 5) is 0. The second-order valence-corrected chi connectivity index (χ2v) is 4.34. The van der Waals surface area contributed by atoms with Crippen molar-refractivity contribution in [3.63, 3.8) is 0 Å². The Morgan fingerprint density at radius 2 is 2.24 bits per heavy atom. The van der Waals surface area contributed by atoms with E-state index in [4.69, 9.17) is 9.94 Å². The minimum Gasteiger partial charge on any atom is -0.491 e. The Morgan fingerprint density at radius 1 is 1.41 bits per heavy atom. The minimum atomic E-state index is -0.486. The van der Waals surface area contributed by atoms with Gasteiger partial charge in [-0.3, -0.25) is 0 Å². The van der Waals surface area contributed by atoms with Crippen molar-refractivity contribution in [3.05, 3.63) is 29.3 Å². The average molecular weight is 235 g/mol. The molecule has 0 amide bonds. The van der Waals surface area contributed by atoms with Gasteiger partial charge in [-0.05, 0) is 32.3 Å².